The molecule has 0 radical (unpaired) electrons. The van der Waals surface area contributed by atoms with Crippen LogP contribution in [0.25, 0.3) is 0 Å². The van der Waals surface area contributed by atoms with Crippen LogP contribution >= 0.6 is 0 Å². The van der Waals surface area contributed by atoms with Gasteiger partial charge in [0.1, 0.15) is 6.10 Å². The van der Waals surface area contributed by atoms with Gasteiger partial charge in [-0.05, 0) is 26.0 Å². The van der Waals surface area contributed by atoms with E-state index in [-0.39, 0.29) is 5.91 Å². The van der Waals surface area contributed by atoms with Crippen molar-refractivity contribution in [1.29, 1.82) is 0 Å². The van der Waals surface area contributed by atoms with E-state index in [9.17, 15) is 4.79 Å². The van der Waals surface area contributed by atoms with E-state index in [1.807, 2.05) is 25.1 Å². The number of carbonyl (C=O) groups is 1. The topological polar surface area (TPSA) is 55.6 Å². The molecule has 88 valence electrons. The molecule has 16 heavy (non-hydrogen) atoms. The Hall–Kier alpha value is -1.55. The number of rotatable bonds is 4. The van der Waals surface area contributed by atoms with Crippen molar-refractivity contribution < 1.29 is 9.53 Å². The molecule has 1 aromatic carbocycles. The van der Waals surface area contributed by atoms with Crippen LogP contribution in [0.2, 0.25) is 0 Å². The molecule has 1 rings (SSSR count). The van der Waals surface area contributed by atoms with Gasteiger partial charge in [-0.2, -0.15) is 0 Å². The van der Waals surface area contributed by atoms with Crippen LogP contribution in [-0.2, 0) is 9.53 Å². The number of para-hydroxylation sites is 2. The minimum Gasteiger partial charge on any atom is -0.397 e. The van der Waals surface area contributed by atoms with Crippen molar-refractivity contribution in [2.24, 2.45) is 0 Å². The highest BCUT2D eigenvalue weighted by Gasteiger charge is 2.21. The first-order valence-electron chi connectivity index (χ1n) is 5.30. The molecule has 0 heterocycles. The minimum atomic E-state index is -0.459. The van der Waals surface area contributed by atoms with E-state index in [1.54, 1.807) is 17.9 Å². The molecule has 0 spiro atoms. The Bertz CT molecular complexity index is 366. The lowest BCUT2D eigenvalue weighted by atomic mass is 10.2. The summed E-state index contributed by atoms with van der Waals surface area (Å²) >= 11 is 0. The second-order valence-corrected chi connectivity index (χ2v) is 3.52. The molecule has 0 saturated carbocycles. The molecule has 1 amide bonds. The van der Waals surface area contributed by atoms with Gasteiger partial charge in [0.05, 0.1) is 11.4 Å². The number of ether oxygens (including phenoxy) is 1. The highest BCUT2D eigenvalue weighted by Crippen LogP contribution is 2.23. The third-order valence-corrected chi connectivity index (χ3v) is 2.51. The quantitative estimate of drug-likeness (QED) is 0.788. The first-order chi connectivity index (χ1) is 7.61. The Kier molecular flexibility index (Phi) is 4.31. The van der Waals surface area contributed by atoms with Gasteiger partial charge in [0, 0.05) is 13.7 Å². The fraction of sp³-hybridized carbons (Fsp3) is 0.417. The zero-order valence-corrected chi connectivity index (χ0v) is 9.93. The van der Waals surface area contributed by atoms with Crippen molar-refractivity contribution in [2.45, 2.75) is 20.0 Å². The summed E-state index contributed by atoms with van der Waals surface area (Å²) < 4.78 is 5.02. The standard InChI is InChI=1S/C12H18N2O2/c1-4-14(12(15)9(2)16-3)11-8-6-5-7-10(11)13/h5-9H,4,13H2,1-3H3. The van der Waals surface area contributed by atoms with E-state index in [4.69, 9.17) is 10.5 Å². The second kappa shape index (κ2) is 5.51. The van der Waals surface area contributed by atoms with Crippen molar-refractivity contribution in [3.63, 3.8) is 0 Å². The molecule has 4 heteroatoms. The Labute approximate surface area is 96.0 Å². The number of nitrogen functional groups attached to an aromatic ring is 1. The summed E-state index contributed by atoms with van der Waals surface area (Å²) in [6, 6.07) is 7.32. The Morgan fingerprint density at radius 2 is 2.12 bits per heavy atom. The van der Waals surface area contributed by atoms with Crippen molar-refractivity contribution in [3.8, 4) is 0 Å². The molecule has 0 aliphatic carbocycles. The van der Waals surface area contributed by atoms with E-state index in [1.165, 1.54) is 7.11 Å². The molecule has 0 saturated heterocycles. The molecule has 2 N–H and O–H groups in total. The third kappa shape index (κ3) is 2.52. The van der Waals surface area contributed by atoms with Crippen molar-refractivity contribution in [3.05, 3.63) is 24.3 Å². The first-order valence-corrected chi connectivity index (χ1v) is 5.30. The molecular formula is C12H18N2O2. The predicted octanol–water partition coefficient (Wildman–Crippen LogP) is 1.66. The maximum absolute atomic E-state index is 12.0. The van der Waals surface area contributed by atoms with E-state index in [0.717, 1.165) is 5.69 Å². The average molecular weight is 222 g/mol. The number of benzene rings is 1. The highest BCUT2D eigenvalue weighted by molar-refractivity contribution is 5.98. The fourth-order valence-corrected chi connectivity index (χ4v) is 1.50. The van der Waals surface area contributed by atoms with Gasteiger partial charge >= 0.3 is 0 Å². The largest absolute Gasteiger partial charge is 0.397 e. The van der Waals surface area contributed by atoms with Gasteiger partial charge < -0.3 is 15.4 Å². The summed E-state index contributed by atoms with van der Waals surface area (Å²) in [6.07, 6.45) is -0.459. The molecule has 1 unspecified atom stereocenters. The smallest absolute Gasteiger partial charge is 0.255 e. The van der Waals surface area contributed by atoms with Crippen LogP contribution in [0, 0.1) is 0 Å². The van der Waals surface area contributed by atoms with Crippen molar-refractivity contribution in [1.82, 2.24) is 0 Å². The molecular weight excluding hydrogens is 204 g/mol. The van der Waals surface area contributed by atoms with Gasteiger partial charge in [-0.3, -0.25) is 4.79 Å². The highest BCUT2D eigenvalue weighted by atomic mass is 16.5. The Balaban J connectivity index is 2.99. The molecule has 1 atom stereocenters. The van der Waals surface area contributed by atoms with Gasteiger partial charge in [0.2, 0.25) is 0 Å². The lowest BCUT2D eigenvalue weighted by molar-refractivity contribution is -0.127. The SMILES string of the molecule is CCN(C(=O)C(C)OC)c1ccccc1N. The summed E-state index contributed by atoms with van der Waals surface area (Å²) in [4.78, 5) is 13.6. The van der Waals surface area contributed by atoms with E-state index in [2.05, 4.69) is 0 Å². The molecule has 0 aliphatic rings. The number of nitrogens with zero attached hydrogens (tertiary/aromatic N) is 1. The zero-order valence-electron chi connectivity index (χ0n) is 9.93. The number of carbonyl (C=O) groups excluding carboxylic acids is 1. The number of likely N-dealkylation sites (N-methyl/N-ethyl adjacent to an activating group) is 1. The molecule has 0 aromatic heterocycles. The lowest BCUT2D eigenvalue weighted by Crippen LogP contribution is -2.39. The number of amides is 1. The minimum absolute atomic E-state index is 0.0806. The fourth-order valence-electron chi connectivity index (χ4n) is 1.50. The Morgan fingerprint density at radius 3 is 2.62 bits per heavy atom. The van der Waals surface area contributed by atoms with E-state index < -0.39 is 6.10 Å². The maximum atomic E-state index is 12.0. The number of methoxy groups -OCH3 is 1. The average Bonchev–Trinajstić information content (AvgIpc) is 2.31. The third-order valence-electron chi connectivity index (χ3n) is 2.51. The van der Waals surface area contributed by atoms with Gasteiger partial charge in [-0.1, -0.05) is 12.1 Å². The number of nitrogens with two attached hydrogens (primary N) is 1. The van der Waals surface area contributed by atoms with Crippen LogP contribution in [-0.4, -0.2) is 25.7 Å². The Morgan fingerprint density at radius 1 is 1.50 bits per heavy atom. The summed E-state index contributed by atoms with van der Waals surface area (Å²) in [5.74, 6) is -0.0806. The summed E-state index contributed by atoms with van der Waals surface area (Å²) in [7, 11) is 1.52. The lowest BCUT2D eigenvalue weighted by Gasteiger charge is -2.25. The van der Waals surface area contributed by atoms with Gasteiger partial charge in [0.15, 0.2) is 0 Å². The first kappa shape index (κ1) is 12.5. The maximum Gasteiger partial charge on any atom is 0.255 e. The number of anilines is 2. The van der Waals surface area contributed by atoms with E-state index in [0.29, 0.717) is 12.2 Å². The molecule has 0 aliphatic heterocycles. The van der Waals surface area contributed by atoms with Crippen LogP contribution in [0.4, 0.5) is 11.4 Å². The summed E-state index contributed by atoms with van der Waals surface area (Å²) in [5, 5.41) is 0. The number of hydrogen-bond acceptors (Lipinski definition) is 3. The molecule has 4 nitrogen and oxygen atoms in total. The monoisotopic (exact) mass is 222 g/mol. The predicted molar refractivity (Wildman–Crippen MR) is 65.4 cm³/mol. The molecule has 0 bridgehead atoms. The van der Waals surface area contributed by atoms with Crippen LogP contribution in [0.1, 0.15) is 13.8 Å². The van der Waals surface area contributed by atoms with Crippen LogP contribution in [0.5, 0.6) is 0 Å². The van der Waals surface area contributed by atoms with Gasteiger partial charge in [-0.25, -0.2) is 0 Å². The van der Waals surface area contributed by atoms with Crippen LogP contribution in [0.3, 0.4) is 0 Å². The van der Waals surface area contributed by atoms with E-state index >= 15 is 0 Å². The van der Waals surface area contributed by atoms with Crippen molar-refractivity contribution in [2.75, 3.05) is 24.3 Å². The van der Waals surface area contributed by atoms with Gasteiger partial charge in [0.25, 0.3) is 5.91 Å². The summed E-state index contributed by atoms with van der Waals surface area (Å²) in [5.41, 5.74) is 7.17. The zero-order chi connectivity index (χ0) is 12.1. The number of hydrogen-bond donors (Lipinski definition) is 1. The molecule has 1 aromatic rings. The molecule has 0 fully saturated rings. The van der Waals surface area contributed by atoms with Crippen LogP contribution < -0.4 is 10.6 Å². The van der Waals surface area contributed by atoms with Crippen LogP contribution in [0.15, 0.2) is 24.3 Å². The van der Waals surface area contributed by atoms with Gasteiger partial charge in [-0.15, -0.1) is 0 Å². The van der Waals surface area contributed by atoms with Crippen molar-refractivity contribution >= 4 is 17.3 Å². The summed E-state index contributed by atoms with van der Waals surface area (Å²) in [6.45, 7) is 4.21. The second-order valence-electron chi connectivity index (χ2n) is 3.52. The normalized spacial score (nSPS) is 12.2.